The number of halogens is 2. The fourth-order valence-electron chi connectivity index (χ4n) is 3.65. The summed E-state index contributed by atoms with van der Waals surface area (Å²) in [6.07, 6.45) is 0.526. The molecule has 156 valence electrons. The van der Waals surface area contributed by atoms with Crippen molar-refractivity contribution in [3.8, 4) is 0 Å². The van der Waals surface area contributed by atoms with E-state index in [0.717, 1.165) is 19.2 Å². The molecule has 1 aromatic heterocycles. The maximum absolute atomic E-state index is 13.9. The summed E-state index contributed by atoms with van der Waals surface area (Å²) in [6, 6.07) is 3.59. The minimum Gasteiger partial charge on any atom is -0.437 e. The molecule has 0 spiro atoms. The third-order valence-electron chi connectivity index (χ3n) is 5.24. The van der Waals surface area contributed by atoms with Crippen LogP contribution in [0.15, 0.2) is 22.6 Å². The van der Waals surface area contributed by atoms with E-state index in [1.165, 1.54) is 12.1 Å². The molecule has 2 aromatic rings. The number of likely N-dealkylation sites (N-methyl/N-ethyl adjacent to an activating group) is 1. The quantitative estimate of drug-likeness (QED) is 0.813. The van der Waals surface area contributed by atoms with Crippen molar-refractivity contribution in [1.82, 2.24) is 20.1 Å². The van der Waals surface area contributed by atoms with Crippen LogP contribution in [0.2, 0.25) is 0 Å². The molecule has 0 radical (unpaired) electrons. The highest BCUT2D eigenvalue weighted by molar-refractivity contribution is 5.89. The second-order valence-corrected chi connectivity index (χ2v) is 7.55. The van der Waals surface area contributed by atoms with Gasteiger partial charge in [-0.25, -0.2) is 13.8 Å². The zero-order chi connectivity index (χ0) is 20.4. The Balaban J connectivity index is 1.34. The van der Waals surface area contributed by atoms with Gasteiger partial charge < -0.3 is 19.4 Å². The third kappa shape index (κ3) is 4.80. The van der Waals surface area contributed by atoms with Gasteiger partial charge in [-0.05, 0) is 13.1 Å². The molecule has 0 aliphatic carbocycles. The molecule has 2 aliphatic heterocycles. The van der Waals surface area contributed by atoms with E-state index in [-0.39, 0.29) is 17.9 Å². The smallest absolute Gasteiger partial charge is 0.307 e. The number of nitrogens with one attached hydrogen (secondary N) is 1. The lowest BCUT2D eigenvalue weighted by atomic mass is 10.1. The van der Waals surface area contributed by atoms with Gasteiger partial charge >= 0.3 is 5.91 Å². The first-order valence-electron chi connectivity index (χ1n) is 9.71. The van der Waals surface area contributed by atoms with Crippen molar-refractivity contribution in [2.24, 2.45) is 0 Å². The Morgan fingerprint density at radius 1 is 1.34 bits per heavy atom. The van der Waals surface area contributed by atoms with E-state index in [2.05, 4.69) is 15.2 Å². The van der Waals surface area contributed by atoms with Gasteiger partial charge in [-0.15, -0.1) is 0 Å². The molecule has 3 heterocycles. The maximum Gasteiger partial charge on any atom is 0.307 e. The van der Waals surface area contributed by atoms with E-state index in [1.807, 2.05) is 11.9 Å². The van der Waals surface area contributed by atoms with E-state index in [0.29, 0.717) is 56.2 Å². The molecule has 0 bridgehead atoms. The average molecular weight is 406 g/mol. The van der Waals surface area contributed by atoms with Crippen LogP contribution in [0.3, 0.4) is 0 Å². The normalized spacial score (nSPS) is 20.4. The van der Waals surface area contributed by atoms with Crippen molar-refractivity contribution < 1.29 is 22.7 Å². The van der Waals surface area contributed by atoms with E-state index < -0.39 is 11.6 Å². The van der Waals surface area contributed by atoms with Gasteiger partial charge in [-0.2, -0.15) is 0 Å². The number of carbonyl (C=O) groups is 1. The Hall–Kier alpha value is -2.36. The van der Waals surface area contributed by atoms with Gasteiger partial charge in [0, 0.05) is 57.3 Å². The van der Waals surface area contributed by atoms with Crippen molar-refractivity contribution in [3.05, 3.63) is 52.7 Å². The Labute approximate surface area is 167 Å². The molecule has 1 N–H and O–H groups in total. The predicted molar refractivity (Wildman–Crippen MR) is 100 cm³/mol. The lowest BCUT2D eigenvalue weighted by Gasteiger charge is -2.29. The highest BCUT2D eigenvalue weighted by Gasteiger charge is 2.26. The van der Waals surface area contributed by atoms with E-state index in [1.54, 1.807) is 0 Å². The van der Waals surface area contributed by atoms with Crippen LogP contribution in [-0.2, 0) is 24.2 Å². The molecule has 29 heavy (non-hydrogen) atoms. The number of oxazole rings is 1. The van der Waals surface area contributed by atoms with Crippen LogP contribution < -0.4 is 5.32 Å². The molecule has 0 unspecified atom stereocenters. The average Bonchev–Trinajstić information content (AvgIpc) is 3.12. The van der Waals surface area contributed by atoms with Crippen molar-refractivity contribution in [3.63, 3.8) is 0 Å². The summed E-state index contributed by atoms with van der Waals surface area (Å²) in [6.45, 7) is 4.11. The van der Waals surface area contributed by atoms with E-state index in [9.17, 15) is 13.6 Å². The van der Waals surface area contributed by atoms with Gasteiger partial charge in [-0.1, -0.05) is 6.07 Å². The molecule has 1 saturated heterocycles. The summed E-state index contributed by atoms with van der Waals surface area (Å²) < 4.78 is 38.3. The van der Waals surface area contributed by atoms with Gasteiger partial charge in [0.25, 0.3) is 5.89 Å². The summed E-state index contributed by atoms with van der Waals surface area (Å²) >= 11 is 0. The minimum atomic E-state index is -0.593. The van der Waals surface area contributed by atoms with Gasteiger partial charge in [0.05, 0.1) is 18.4 Å². The molecule has 1 fully saturated rings. The number of morpholine rings is 1. The molecule has 1 aromatic carbocycles. The number of hydrogen-bond acceptors (Lipinski definition) is 6. The van der Waals surface area contributed by atoms with Crippen LogP contribution in [0.1, 0.15) is 27.7 Å². The Morgan fingerprint density at radius 2 is 2.21 bits per heavy atom. The molecular formula is C20H24F2N4O3. The molecule has 0 saturated carbocycles. The van der Waals surface area contributed by atoms with Crippen LogP contribution in [0.25, 0.3) is 0 Å². The summed E-state index contributed by atoms with van der Waals surface area (Å²) in [5, 5.41) is 2.82. The summed E-state index contributed by atoms with van der Waals surface area (Å²) in [4.78, 5) is 20.9. The lowest BCUT2D eigenvalue weighted by Crippen LogP contribution is -2.45. The number of ether oxygens (including phenoxy) is 1. The van der Waals surface area contributed by atoms with E-state index in [4.69, 9.17) is 9.15 Å². The van der Waals surface area contributed by atoms with Crippen LogP contribution in [-0.4, -0.2) is 66.6 Å². The summed E-state index contributed by atoms with van der Waals surface area (Å²) in [5.74, 6) is -0.808. The van der Waals surface area contributed by atoms with Crippen LogP contribution in [0, 0.1) is 11.6 Å². The predicted octanol–water partition coefficient (Wildman–Crippen LogP) is 1.57. The number of carbonyl (C=O) groups excluding carboxylic acids is 1. The number of benzene rings is 1. The largest absolute Gasteiger partial charge is 0.437 e. The number of amides is 1. The second-order valence-electron chi connectivity index (χ2n) is 7.55. The standard InChI is InChI=1S/C20H24F2N4O3/c1-25-6-7-28-15(11-25)9-23-19(27)20-24-17-12-26(5-4-18(17)29-20)10-13-2-3-14(21)8-16(13)22/h2-3,8,15H,4-7,9-12H2,1H3,(H,23,27)/t15-/m0/s1. The molecule has 9 heteroatoms. The first-order chi connectivity index (χ1) is 14.0. The molecule has 1 atom stereocenters. The monoisotopic (exact) mass is 406 g/mol. The number of fused-ring (bicyclic) bond motifs is 1. The first-order valence-corrected chi connectivity index (χ1v) is 9.71. The molecular weight excluding hydrogens is 382 g/mol. The second kappa shape index (κ2) is 8.56. The van der Waals surface area contributed by atoms with Gasteiger partial charge in [-0.3, -0.25) is 9.69 Å². The third-order valence-corrected chi connectivity index (χ3v) is 5.24. The zero-order valence-electron chi connectivity index (χ0n) is 16.3. The first kappa shape index (κ1) is 19.9. The van der Waals surface area contributed by atoms with Crippen LogP contribution in [0.5, 0.6) is 0 Å². The summed E-state index contributed by atoms with van der Waals surface area (Å²) in [5.41, 5.74) is 1.10. The van der Waals surface area contributed by atoms with Crippen LogP contribution >= 0.6 is 0 Å². The Morgan fingerprint density at radius 3 is 3.00 bits per heavy atom. The molecule has 1 amide bonds. The summed E-state index contributed by atoms with van der Waals surface area (Å²) in [7, 11) is 2.02. The van der Waals surface area contributed by atoms with Gasteiger partial charge in [0.1, 0.15) is 17.4 Å². The van der Waals surface area contributed by atoms with Crippen molar-refractivity contribution in [1.29, 1.82) is 0 Å². The SMILES string of the molecule is CN1CCO[C@@H](CNC(=O)c2nc3c(o2)CCN(Cc2ccc(F)cc2F)C3)C1. The Bertz CT molecular complexity index is 889. The maximum atomic E-state index is 13.9. The minimum absolute atomic E-state index is 0.0361. The number of rotatable bonds is 5. The molecule has 4 rings (SSSR count). The molecule has 7 nitrogen and oxygen atoms in total. The van der Waals surface area contributed by atoms with Crippen LogP contribution in [0.4, 0.5) is 8.78 Å². The topological polar surface area (TPSA) is 70.8 Å². The number of nitrogens with zero attached hydrogens (tertiary/aromatic N) is 3. The fourth-order valence-corrected chi connectivity index (χ4v) is 3.65. The zero-order valence-corrected chi connectivity index (χ0v) is 16.3. The lowest BCUT2D eigenvalue weighted by molar-refractivity contribution is -0.0176. The van der Waals surface area contributed by atoms with Gasteiger partial charge in [0.15, 0.2) is 0 Å². The highest BCUT2D eigenvalue weighted by atomic mass is 19.1. The molecule has 2 aliphatic rings. The number of hydrogen-bond donors (Lipinski definition) is 1. The van der Waals surface area contributed by atoms with Crippen molar-refractivity contribution >= 4 is 5.91 Å². The van der Waals surface area contributed by atoms with E-state index >= 15 is 0 Å². The van der Waals surface area contributed by atoms with Crippen molar-refractivity contribution in [2.75, 3.05) is 39.8 Å². The van der Waals surface area contributed by atoms with Crippen molar-refractivity contribution in [2.45, 2.75) is 25.6 Å². The number of aromatic nitrogens is 1. The van der Waals surface area contributed by atoms with Gasteiger partial charge in [0.2, 0.25) is 0 Å². The Kier molecular flexibility index (Phi) is 5.89. The highest BCUT2D eigenvalue weighted by Crippen LogP contribution is 2.22. The fraction of sp³-hybridized carbons (Fsp3) is 0.500.